The lowest BCUT2D eigenvalue weighted by molar-refractivity contribution is -0.130. The van der Waals surface area contributed by atoms with Gasteiger partial charge in [-0.3, -0.25) is 9.36 Å². The number of aromatic nitrogens is 3. The van der Waals surface area contributed by atoms with Gasteiger partial charge in [0.2, 0.25) is 0 Å². The number of amides is 1. The first-order chi connectivity index (χ1) is 17.5. The molecule has 0 unspecified atom stereocenters. The lowest BCUT2D eigenvalue weighted by Gasteiger charge is -2.19. The van der Waals surface area contributed by atoms with Crippen molar-refractivity contribution in [2.45, 2.75) is 31.1 Å². The number of hydrazone groups is 1. The average Bonchev–Trinajstić information content (AvgIpc) is 3.63. The van der Waals surface area contributed by atoms with Gasteiger partial charge in [0.15, 0.2) is 11.0 Å². The number of hydrogen-bond donors (Lipinski definition) is 0. The Kier molecular flexibility index (Phi) is 7.06. The minimum atomic E-state index is -0.312. The van der Waals surface area contributed by atoms with Crippen LogP contribution in [0, 0.1) is 6.92 Å². The summed E-state index contributed by atoms with van der Waals surface area (Å²) in [5.41, 5.74) is 3.84. The van der Waals surface area contributed by atoms with Crippen LogP contribution in [-0.2, 0) is 11.3 Å². The smallest absolute Gasteiger partial charge is 0.253 e. The Labute approximate surface area is 218 Å². The molecule has 1 amide bonds. The quantitative estimate of drug-likeness (QED) is 0.207. The molecule has 1 atom stereocenters. The average molecular weight is 518 g/mol. The van der Waals surface area contributed by atoms with Crippen LogP contribution in [0.3, 0.4) is 0 Å². The largest absolute Gasteiger partial charge is 0.467 e. The van der Waals surface area contributed by atoms with Crippen LogP contribution >= 0.6 is 23.4 Å². The number of thioether (sulfide) groups is 1. The molecule has 3 heterocycles. The molecule has 2 aromatic heterocycles. The van der Waals surface area contributed by atoms with Crippen molar-refractivity contribution in [1.82, 2.24) is 19.8 Å². The molecule has 0 radical (unpaired) electrons. The first kappa shape index (κ1) is 24.1. The number of furan rings is 1. The van der Waals surface area contributed by atoms with Crippen molar-refractivity contribution in [1.29, 1.82) is 0 Å². The van der Waals surface area contributed by atoms with Gasteiger partial charge in [0.25, 0.3) is 5.91 Å². The molecular formula is C27H24ClN5O2S. The van der Waals surface area contributed by atoms with E-state index in [1.807, 2.05) is 66.1 Å². The van der Waals surface area contributed by atoms with E-state index in [1.165, 1.54) is 16.8 Å². The Morgan fingerprint density at radius 1 is 1.17 bits per heavy atom. The number of hydrogen-bond acceptors (Lipinski definition) is 6. The first-order valence-corrected chi connectivity index (χ1v) is 12.8. The van der Waals surface area contributed by atoms with Gasteiger partial charge in [0, 0.05) is 23.6 Å². The van der Waals surface area contributed by atoms with Crippen molar-refractivity contribution in [3.05, 3.63) is 101 Å². The molecule has 0 bridgehead atoms. The highest BCUT2D eigenvalue weighted by Crippen LogP contribution is 2.34. The second-order valence-corrected chi connectivity index (χ2v) is 9.77. The van der Waals surface area contributed by atoms with E-state index in [0.29, 0.717) is 28.9 Å². The zero-order chi connectivity index (χ0) is 25.1. The normalized spacial score (nSPS) is 15.2. The van der Waals surface area contributed by atoms with Gasteiger partial charge in [-0.15, -0.1) is 16.8 Å². The Morgan fingerprint density at radius 3 is 2.72 bits per heavy atom. The predicted molar refractivity (Wildman–Crippen MR) is 142 cm³/mol. The maximum Gasteiger partial charge on any atom is 0.253 e. The number of benzene rings is 2. The Balaban J connectivity index is 1.38. The van der Waals surface area contributed by atoms with E-state index >= 15 is 0 Å². The lowest BCUT2D eigenvalue weighted by atomic mass is 10.0. The third-order valence-corrected chi connectivity index (χ3v) is 7.05. The van der Waals surface area contributed by atoms with Gasteiger partial charge in [0.05, 0.1) is 17.7 Å². The molecule has 0 saturated heterocycles. The molecule has 0 aliphatic carbocycles. The van der Waals surface area contributed by atoms with E-state index in [2.05, 4.69) is 27.9 Å². The highest BCUT2D eigenvalue weighted by molar-refractivity contribution is 7.99. The minimum Gasteiger partial charge on any atom is -0.467 e. The van der Waals surface area contributed by atoms with Crippen LogP contribution in [-0.4, -0.2) is 37.1 Å². The summed E-state index contributed by atoms with van der Waals surface area (Å²) in [4.78, 5) is 13.4. The van der Waals surface area contributed by atoms with Gasteiger partial charge in [-0.2, -0.15) is 5.10 Å². The molecule has 4 aromatic rings. The highest BCUT2D eigenvalue weighted by Gasteiger charge is 2.35. The Bertz CT molecular complexity index is 1410. The molecule has 0 spiro atoms. The summed E-state index contributed by atoms with van der Waals surface area (Å²) in [7, 11) is 0. The SMILES string of the molecule is C=CCn1c(SCC(=O)N2N=C(c3ccc(Cl)cc3)C[C@@H]2c2ccco2)nnc1-c1cccc(C)c1. The molecular weight excluding hydrogens is 494 g/mol. The third-order valence-electron chi connectivity index (χ3n) is 5.84. The molecule has 36 heavy (non-hydrogen) atoms. The van der Waals surface area contributed by atoms with Crippen molar-refractivity contribution in [3.8, 4) is 11.4 Å². The zero-order valence-electron chi connectivity index (χ0n) is 19.7. The first-order valence-electron chi connectivity index (χ1n) is 11.5. The minimum absolute atomic E-state index is 0.143. The van der Waals surface area contributed by atoms with Gasteiger partial charge in [-0.25, -0.2) is 5.01 Å². The van der Waals surface area contributed by atoms with Crippen molar-refractivity contribution in [2.24, 2.45) is 5.10 Å². The Hall–Kier alpha value is -3.62. The van der Waals surface area contributed by atoms with Crippen LogP contribution in [0.4, 0.5) is 0 Å². The second kappa shape index (κ2) is 10.6. The van der Waals surface area contributed by atoms with Crippen LogP contribution in [0.1, 0.15) is 29.3 Å². The third kappa shape index (κ3) is 5.01. The molecule has 0 saturated carbocycles. The summed E-state index contributed by atoms with van der Waals surface area (Å²) < 4.78 is 7.61. The van der Waals surface area contributed by atoms with E-state index in [-0.39, 0.29) is 17.7 Å². The molecule has 5 rings (SSSR count). The summed E-state index contributed by atoms with van der Waals surface area (Å²) in [5.74, 6) is 1.44. The van der Waals surface area contributed by atoms with E-state index in [4.69, 9.17) is 16.0 Å². The van der Waals surface area contributed by atoms with Crippen molar-refractivity contribution >= 4 is 35.0 Å². The second-order valence-electron chi connectivity index (χ2n) is 8.39. The maximum atomic E-state index is 13.4. The summed E-state index contributed by atoms with van der Waals surface area (Å²) in [5, 5.41) is 16.3. The number of aryl methyl sites for hydroxylation is 1. The van der Waals surface area contributed by atoms with E-state index in [0.717, 1.165) is 28.2 Å². The van der Waals surface area contributed by atoms with Gasteiger partial charge >= 0.3 is 0 Å². The topological polar surface area (TPSA) is 76.5 Å². The standard InChI is InChI=1S/C27H24ClN5O2S/c1-3-13-32-26(20-7-4-6-18(2)15-20)29-30-27(32)36-17-25(34)33-23(24-8-5-14-35-24)16-22(31-33)19-9-11-21(28)12-10-19/h3-12,14-15,23H,1,13,16-17H2,2H3/t23-/m1/s1. The molecule has 0 fully saturated rings. The highest BCUT2D eigenvalue weighted by atomic mass is 35.5. The van der Waals surface area contributed by atoms with Crippen LogP contribution in [0.5, 0.6) is 0 Å². The molecule has 2 aromatic carbocycles. The number of nitrogens with zero attached hydrogens (tertiary/aromatic N) is 5. The zero-order valence-corrected chi connectivity index (χ0v) is 21.2. The molecule has 9 heteroatoms. The summed E-state index contributed by atoms with van der Waals surface area (Å²) in [6.07, 6.45) is 3.96. The van der Waals surface area contributed by atoms with E-state index < -0.39 is 0 Å². The fourth-order valence-corrected chi connectivity index (χ4v) is 5.07. The van der Waals surface area contributed by atoms with Crippen molar-refractivity contribution in [2.75, 3.05) is 5.75 Å². The van der Waals surface area contributed by atoms with Crippen LogP contribution in [0.25, 0.3) is 11.4 Å². The Morgan fingerprint density at radius 2 is 2.00 bits per heavy atom. The van der Waals surface area contributed by atoms with E-state index in [1.54, 1.807) is 12.3 Å². The number of carbonyl (C=O) groups is 1. The van der Waals surface area contributed by atoms with Crippen molar-refractivity contribution < 1.29 is 9.21 Å². The van der Waals surface area contributed by atoms with Gasteiger partial charge < -0.3 is 4.42 Å². The maximum absolute atomic E-state index is 13.4. The predicted octanol–water partition coefficient (Wildman–Crippen LogP) is 6.16. The monoisotopic (exact) mass is 517 g/mol. The molecule has 7 nitrogen and oxygen atoms in total. The fraction of sp³-hybridized carbons (Fsp3) is 0.185. The lowest BCUT2D eigenvalue weighted by Crippen LogP contribution is -2.28. The summed E-state index contributed by atoms with van der Waals surface area (Å²) in [6.45, 7) is 6.44. The van der Waals surface area contributed by atoms with Gasteiger partial charge in [-0.05, 0) is 42.8 Å². The number of rotatable bonds is 8. The van der Waals surface area contributed by atoms with Crippen molar-refractivity contribution in [3.63, 3.8) is 0 Å². The molecule has 0 N–H and O–H groups in total. The van der Waals surface area contributed by atoms with Gasteiger partial charge in [0.1, 0.15) is 11.8 Å². The van der Waals surface area contributed by atoms with E-state index in [9.17, 15) is 4.79 Å². The van der Waals surface area contributed by atoms with Gasteiger partial charge in [-0.1, -0.05) is 65.3 Å². The fourth-order valence-electron chi connectivity index (χ4n) is 4.14. The summed E-state index contributed by atoms with van der Waals surface area (Å²) in [6, 6.07) is 18.9. The number of allylic oxidation sites excluding steroid dienone is 1. The molecule has 1 aliphatic rings. The van der Waals surface area contributed by atoms with Crippen LogP contribution < -0.4 is 0 Å². The molecule has 182 valence electrons. The van der Waals surface area contributed by atoms with Crippen LogP contribution in [0.15, 0.2) is 94.3 Å². The van der Waals surface area contributed by atoms with Crippen LogP contribution in [0.2, 0.25) is 5.02 Å². The summed E-state index contributed by atoms with van der Waals surface area (Å²) >= 11 is 7.38. The number of halogens is 1. The molecule has 1 aliphatic heterocycles. The number of carbonyl (C=O) groups excluding carboxylic acids is 1.